The Morgan fingerprint density at radius 3 is 2.80 bits per heavy atom. The molecule has 0 fully saturated rings. The lowest BCUT2D eigenvalue weighted by Gasteiger charge is -2.14. The molecule has 0 atom stereocenters. The van der Waals surface area contributed by atoms with Crippen molar-refractivity contribution in [1.82, 2.24) is 10.3 Å². The van der Waals surface area contributed by atoms with Gasteiger partial charge in [-0.05, 0) is 13.1 Å². The van der Waals surface area contributed by atoms with Gasteiger partial charge < -0.3 is 10.3 Å². The fourth-order valence-corrected chi connectivity index (χ4v) is 1.69. The first-order valence-electron chi connectivity index (χ1n) is 4.74. The molecule has 2 rings (SSSR count). The van der Waals surface area contributed by atoms with Crippen LogP contribution in [-0.2, 0) is 5.92 Å². The number of aromatic amines is 1. The van der Waals surface area contributed by atoms with E-state index in [0.717, 1.165) is 5.52 Å². The number of hydrogen-bond acceptors (Lipinski definition) is 1. The Bertz CT molecular complexity index is 462. The summed E-state index contributed by atoms with van der Waals surface area (Å²) in [5, 5.41) is 3.08. The molecule has 1 aromatic heterocycles. The van der Waals surface area contributed by atoms with Gasteiger partial charge >= 0.3 is 0 Å². The van der Waals surface area contributed by atoms with Crippen LogP contribution in [0.5, 0.6) is 0 Å². The summed E-state index contributed by atoms with van der Waals surface area (Å²) in [6, 6.07) is 7.06. The van der Waals surface area contributed by atoms with Crippen molar-refractivity contribution in [2.75, 3.05) is 13.6 Å². The molecule has 0 unspecified atom stereocenters. The molecule has 0 saturated heterocycles. The van der Waals surface area contributed by atoms with Gasteiger partial charge in [-0.3, -0.25) is 0 Å². The molecule has 0 radical (unpaired) electrons. The van der Waals surface area contributed by atoms with E-state index in [1.165, 1.54) is 13.2 Å². The maximum atomic E-state index is 13.6. The summed E-state index contributed by atoms with van der Waals surface area (Å²) < 4.78 is 27.3. The number of rotatable bonds is 3. The Labute approximate surface area is 86.3 Å². The van der Waals surface area contributed by atoms with E-state index in [1.54, 1.807) is 18.2 Å². The van der Waals surface area contributed by atoms with E-state index in [2.05, 4.69) is 10.3 Å². The van der Waals surface area contributed by atoms with E-state index in [-0.39, 0.29) is 12.1 Å². The Morgan fingerprint density at radius 1 is 1.33 bits per heavy atom. The minimum absolute atomic E-state index is 0.0486. The van der Waals surface area contributed by atoms with E-state index in [1.807, 2.05) is 6.07 Å². The molecule has 0 amide bonds. The molecular formula is C11H12F2N2. The molecule has 0 aliphatic carbocycles. The highest BCUT2D eigenvalue weighted by Crippen LogP contribution is 2.32. The summed E-state index contributed by atoms with van der Waals surface area (Å²) in [5.41, 5.74) is 0.788. The number of benzene rings is 1. The zero-order chi connectivity index (χ0) is 10.9. The number of H-pyrrole nitrogens is 1. The predicted octanol–water partition coefficient (Wildman–Crippen LogP) is 2.48. The molecule has 0 aliphatic rings. The second-order valence-corrected chi connectivity index (χ2v) is 3.48. The largest absolute Gasteiger partial charge is 0.361 e. The maximum Gasteiger partial charge on any atom is 0.287 e. The van der Waals surface area contributed by atoms with Gasteiger partial charge in [0.05, 0.1) is 6.54 Å². The summed E-state index contributed by atoms with van der Waals surface area (Å²) in [6.45, 7) is -0.352. The average Bonchev–Trinajstić information content (AvgIpc) is 2.61. The van der Waals surface area contributed by atoms with Gasteiger partial charge in [0, 0.05) is 22.7 Å². The Hall–Kier alpha value is -1.42. The van der Waals surface area contributed by atoms with Crippen LogP contribution in [0.25, 0.3) is 10.9 Å². The highest BCUT2D eigenvalue weighted by molar-refractivity contribution is 5.83. The molecule has 0 saturated carbocycles. The zero-order valence-electron chi connectivity index (χ0n) is 8.35. The Morgan fingerprint density at radius 2 is 2.07 bits per heavy atom. The summed E-state index contributed by atoms with van der Waals surface area (Å²) in [4.78, 5) is 2.84. The number of para-hydroxylation sites is 1. The van der Waals surface area contributed by atoms with Gasteiger partial charge in [-0.25, -0.2) is 0 Å². The quantitative estimate of drug-likeness (QED) is 0.800. The van der Waals surface area contributed by atoms with Crippen molar-refractivity contribution in [3.63, 3.8) is 0 Å². The van der Waals surface area contributed by atoms with Gasteiger partial charge in [0.1, 0.15) is 0 Å². The van der Waals surface area contributed by atoms with Crippen molar-refractivity contribution >= 4 is 10.9 Å². The van der Waals surface area contributed by atoms with Crippen molar-refractivity contribution in [2.45, 2.75) is 5.92 Å². The molecule has 15 heavy (non-hydrogen) atoms. The van der Waals surface area contributed by atoms with Crippen molar-refractivity contribution in [3.8, 4) is 0 Å². The molecule has 0 aliphatic heterocycles. The van der Waals surface area contributed by atoms with E-state index in [4.69, 9.17) is 0 Å². The Balaban J connectivity index is 2.52. The molecule has 2 N–H and O–H groups in total. The first-order chi connectivity index (χ1) is 7.15. The third kappa shape index (κ3) is 1.72. The maximum absolute atomic E-state index is 13.6. The average molecular weight is 210 g/mol. The lowest BCUT2D eigenvalue weighted by molar-refractivity contribution is 0.000315. The van der Waals surface area contributed by atoms with Gasteiger partial charge in [-0.15, -0.1) is 0 Å². The molecule has 80 valence electrons. The third-order valence-electron chi connectivity index (χ3n) is 2.38. The number of aromatic nitrogens is 1. The van der Waals surface area contributed by atoms with Crippen LogP contribution in [0.3, 0.4) is 0 Å². The molecule has 2 nitrogen and oxygen atoms in total. The first kappa shape index (κ1) is 10.1. The van der Waals surface area contributed by atoms with E-state index < -0.39 is 5.92 Å². The second kappa shape index (κ2) is 3.62. The number of fused-ring (bicyclic) bond motifs is 1. The van der Waals surface area contributed by atoms with Crippen molar-refractivity contribution in [1.29, 1.82) is 0 Å². The Kier molecular flexibility index (Phi) is 2.44. The van der Waals surface area contributed by atoms with Crippen LogP contribution in [0.4, 0.5) is 8.78 Å². The van der Waals surface area contributed by atoms with Gasteiger partial charge in [0.25, 0.3) is 5.92 Å². The number of likely N-dealkylation sites (N-methyl/N-ethyl adjacent to an activating group) is 1. The predicted molar refractivity (Wildman–Crippen MR) is 56.1 cm³/mol. The number of halogens is 2. The molecular weight excluding hydrogens is 198 g/mol. The van der Waals surface area contributed by atoms with Crippen LogP contribution in [0, 0.1) is 0 Å². The van der Waals surface area contributed by atoms with E-state index in [9.17, 15) is 8.78 Å². The zero-order valence-corrected chi connectivity index (χ0v) is 8.35. The minimum Gasteiger partial charge on any atom is -0.361 e. The number of nitrogens with one attached hydrogen (secondary N) is 2. The van der Waals surface area contributed by atoms with Crippen molar-refractivity contribution in [3.05, 3.63) is 36.0 Å². The fraction of sp³-hybridized carbons (Fsp3) is 0.273. The van der Waals surface area contributed by atoms with Crippen LogP contribution in [-0.4, -0.2) is 18.6 Å². The molecule has 0 spiro atoms. The van der Waals surface area contributed by atoms with Gasteiger partial charge in [0.2, 0.25) is 0 Å². The third-order valence-corrected chi connectivity index (χ3v) is 2.38. The summed E-state index contributed by atoms with van der Waals surface area (Å²) in [6.07, 6.45) is 1.38. The van der Waals surface area contributed by atoms with Crippen LogP contribution in [0.1, 0.15) is 5.56 Å². The normalized spacial score (nSPS) is 12.2. The molecule has 4 heteroatoms. The smallest absolute Gasteiger partial charge is 0.287 e. The second-order valence-electron chi connectivity index (χ2n) is 3.48. The standard InChI is InChI=1S/C11H12F2N2/c1-14-7-11(12,13)9-6-15-10-5-3-2-4-8(9)10/h2-6,14-15H,7H2,1H3. The highest BCUT2D eigenvalue weighted by atomic mass is 19.3. The van der Waals surface area contributed by atoms with E-state index in [0.29, 0.717) is 5.39 Å². The summed E-state index contributed by atoms with van der Waals surface area (Å²) in [7, 11) is 1.52. The number of alkyl halides is 2. The lowest BCUT2D eigenvalue weighted by atomic mass is 10.1. The van der Waals surface area contributed by atoms with Crippen LogP contribution >= 0.6 is 0 Å². The van der Waals surface area contributed by atoms with E-state index >= 15 is 0 Å². The van der Waals surface area contributed by atoms with Crippen LogP contribution in [0.15, 0.2) is 30.5 Å². The fourth-order valence-electron chi connectivity index (χ4n) is 1.69. The molecule has 1 heterocycles. The first-order valence-corrected chi connectivity index (χ1v) is 4.74. The summed E-state index contributed by atoms with van der Waals surface area (Å²) in [5.74, 6) is -2.84. The highest BCUT2D eigenvalue weighted by Gasteiger charge is 2.33. The minimum atomic E-state index is -2.84. The summed E-state index contributed by atoms with van der Waals surface area (Å²) >= 11 is 0. The molecule has 0 bridgehead atoms. The molecule has 1 aromatic carbocycles. The van der Waals surface area contributed by atoms with Gasteiger partial charge in [-0.2, -0.15) is 8.78 Å². The van der Waals surface area contributed by atoms with Gasteiger partial charge in [0.15, 0.2) is 0 Å². The van der Waals surface area contributed by atoms with Crippen LogP contribution < -0.4 is 5.32 Å². The van der Waals surface area contributed by atoms with Crippen molar-refractivity contribution in [2.24, 2.45) is 0 Å². The van der Waals surface area contributed by atoms with Gasteiger partial charge in [-0.1, -0.05) is 18.2 Å². The molecule has 2 aromatic rings. The topological polar surface area (TPSA) is 27.8 Å². The van der Waals surface area contributed by atoms with Crippen molar-refractivity contribution < 1.29 is 8.78 Å². The SMILES string of the molecule is CNCC(F)(F)c1c[nH]c2ccccc12. The number of hydrogen-bond donors (Lipinski definition) is 2. The lowest BCUT2D eigenvalue weighted by Crippen LogP contribution is -2.27. The van der Waals surface area contributed by atoms with Crippen LogP contribution in [0.2, 0.25) is 0 Å². The monoisotopic (exact) mass is 210 g/mol.